The molecular weight excluding hydrogens is 388 g/mol. The first-order chi connectivity index (χ1) is 15.2. The predicted octanol–water partition coefficient (Wildman–Crippen LogP) is 5.98. The second-order valence-corrected chi connectivity index (χ2v) is 6.85. The van der Waals surface area contributed by atoms with E-state index in [1.807, 2.05) is 60.7 Å². The number of ether oxygens (including phenoxy) is 2. The van der Waals surface area contributed by atoms with E-state index < -0.39 is 0 Å². The van der Waals surface area contributed by atoms with Crippen LogP contribution in [-0.2, 0) is 13.0 Å². The Morgan fingerprint density at radius 2 is 1.03 bits per heavy atom. The molecule has 0 saturated carbocycles. The zero-order valence-corrected chi connectivity index (χ0v) is 17.2. The van der Waals surface area contributed by atoms with Crippen molar-refractivity contribution in [2.24, 2.45) is 0 Å². The molecule has 0 unspecified atom stereocenters. The maximum Gasteiger partial charge on any atom is 0.123 e. The Kier molecular flexibility index (Phi) is 8.38. The van der Waals surface area contributed by atoms with Gasteiger partial charge in [0.1, 0.15) is 29.6 Å². The van der Waals surface area contributed by atoms with Gasteiger partial charge in [-0.2, -0.15) is 0 Å². The average Bonchev–Trinajstić information content (AvgIpc) is 2.80. The van der Waals surface area contributed by atoms with E-state index in [0.29, 0.717) is 24.7 Å². The van der Waals surface area contributed by atoms with E-state index in [9.17, 15) is 10.2 Å². The summed E-state index contributed by atoms with van der Waals surface area (Å²) in [6.07, 6.45) is 0.872. The quantitative estimate of drug-likeness (QED) is 0.390. The highest BCUT2D eigenvalue weighted by Gasteiger charge is 1.97. The lowest BCUT2D eigenvalue weighted by atomic mass is 10.2. The first-order valence-corrected chi connectivity index (χ1v) is 10.1. The van der Waals surface area contributed by atoms with Crippen molar-refractivity contribution in [2.45, 2.75) is 13.0 Å². The van der Waals surface area contributed by atoms with Crippen LogP contribution in [0.1, 0.15) is 11.1 Å². The van der Waals surface area contributed by atoms with Gasteiger partial charge < -0.3 is 19.7 Å². The predicted molar refractivity (Wildman–Crippen MR) is 123 cm³/mol. The van der Waals surface area contributed by atoms with Crippen molar-refractivity contribution in [3.05, 3.63) is 120 Å². The number of aromatic hydroxyl groups is 2. The molecule has 4 nitrogen and oxygen atoms in total. The molecule has 0 heterocycles. The lowest BCUT2D eigenvalue weighted by Gasteiger charge is -2.06. The van der Waals surface area contributed by atoms with Crippen LogP contribution < -0.4 is 9.47 Å². The summed E-state index contributed by atoms with van der Waals surface area (Å²) in [5, 5.41) is 18.5. The summed E-state index contributed by atoms with van der Waals surface area (Å²) in [5.41, 5.74) is 2.36. The van der Waals surface area contributed by atoms with Crippen molar-refractivity contribution >= 4 is 0 Å². The SMILES string of the molecule is Oc1cccc(OCCc2ccccc2)c1.Oc1cccc(OCc2ccccc2)c1. The molecule has 0 aromatic heterocycles. The van der Waals surface area contributed by atoms with Gasteiger partial charge in [-0.15, -0.1) is 0 Å². The fourth-order valence-corrected chi connectivity index (χ4v) is 2.82. The summed E-state index contributed by atoms with van der Waals surface area (Å²) in [7, 11) is 0. The summed E-state index contributed by atoms with van der Waals surface area (Å²) < 4.78 is 11.0. The molecular formula is C27H26O4. The van der Waals surface area contributed by atoms with E-state index in [4.69, 9.17) is 9.47 Å². The van der Waals surface area contributed by atoms with Gasteiger partial charge in [-0.05, 0) is 35.4 Å². The van der Waals surface area contributed by atoms with Gasteiger partial charge in [-0.3, -0.25) is 0 Å². The molecule has 0 amide bonds. The van der Waals surface area contributed by atoms with Crippen LogP contribution in [0.4, 0.5) is 0 Å². The third-order valence-corrected chi connectivity index (χ3v) is 4.39. The van der Waals surface area contributed by atoms with Crippen LogP contribution >= 0.6 is 0 Å². The van der Waals surface area contributed by atoms with Crippen molar-refractivity contribution < 1.29 is 19.7 Å². The fourth-order valence-electron chi connectivity index (χ4n) is 2.82. The molecule has 4 aromatic rings. The third kappa shape index (κ3) is 8.15. The van der Waals surface area contributed by atoms with Gasteiger partial charge >= 0.3 is 0 Å². The standard InChI is InChI=1S/C14H14O2.C13H12O2/c15-13-7-4-8-14(11-13)16-10-9-12-5-2-1-3-6-12;14-12-7-4-8-13(9-12)15-10-11-5-2-1-3-6-11/h1-8,11,15H,9-10H2;1-9,14H,10H2. The summed E-state index contributed by atoms with van der Waals surface area (Å²) in [4.78, 5) is 0. The zero-order chi connectivity index (χ0) is 21.7. The molecule has 0 radical (unpaired) electrons. The number of hydrogen-bond acceptors (Lipinski definition) is 4. The van der Waals surface area contributed by atoms with Gasteiger partial charge in [-0.25, -0.2) is 0 Å². The summed E-state index contributed by atoms with van der Waals surface area (Å²) >= 11 is 0. The van der Waals surface area contributed by atoms with Crippen LogP contribution in [0.2, 0.25) is 0 Å². The molecule has 0 bridgehead atoms. The summed E-state index contributed by atoms with van der Waals surface area (Å²) in [6, 6.07) is 33.8. The molecule has 0 spiro atoms. The molecule has 0 fully saturated rings. The number of rotatable bonds is 7. The Bertz CT molecular complexity index is 1030. The van der Waals surface area contributed by atoms with E-state index in [-0.39, 0.29) is 11.5 Å². The number of phenolic OH excluding ortho intramolecular Hbond substituents is 2. The van der Waals surface area contributed by atoms with Gasteiger partial charge in [0, 0.05) is 18.6 Å². The molecule has 0 aliphatic carbocycles. The van der Waals surface area contributed by atoms with Crippen LogP contribution in [0.15, 0.2) is 109 Å². The molecule has 0 saturated heterocycles. The number of phenols is 2. The second kappa shape index (κ2) is 11.9. The third-order valence-electron chi connectivity index (χ3n) is 4.39. The number of benzene rings is 4. The fraction of sp³-hybridized carbons (Fsp3) is 0.111. The van der Waals surface area contributed by atoms with Crippen molar-refractivity contribution in [1.29, 1.82) is 0 Å². The van der Waals surface area contributed by atoms with Crippen LogP contribution in [0.5, 0.6) is 23.0 Å². The average molecular weight is 415 g/mol. The smallest absolute Gasteiger partial charge is 0.123 e. The molecule has 4 heteroatoms. The Labute approximate surface area is 183 Å². The van der Waals surface area contributed by atoms with Crippen molar-refractivity contribution in [1.82, 2.24) is 0 Å². The van der Waals surface area contributed by atoms with E-state index in [1.165, 1.54) is 5.56 Å². The van der Waals surface area contributed by atoms with Crippen LogP contribution in [-0.4, -0.2) is 16.8 Å². The van der Waals surface area contributed by atoms with Gasteiger partial charge in [0.15, 0.2) is 0 Å². The maximum absolute atomic E-state index is 9.25. The minimum atomic E-state index is 0.223. The highest BCUT2D eigenvalue weighted by molar-refractivity contribution is 5.32. The zero-order valence-electron chi connectivity index (χ0n) is 17.2. The first-order valence-electron chi connectivity index (χ1n) is 10.1. The minimum Gasteiger partial charge on any atom is -0.508 e. The van der Waals surface area contributed by atoms with E-state index in [0.717, 1.165) is 12.0 Å². The molecule has 0 aliphatic rings. The topological polar surface area (TPSA) is 58.9 Å². The van der Waals surface area contributed by atoms with E-state index >= 15 is 0 Å². The normalized spacial score (nSPS) is 9.94. The van der Waals surface area contributed by atoms with Gasteiger partial charge in [0.05, 0.1) is 6.61 Å². The molecule has 4 aromatic carbocycles. The van der Waals surface area contributed by atoms with E-state index in [2.05, 4.69) is 12.1 Å². The Hall–Kier alpha value is -3.92. The van der Waals surface area contributed by atoms with Crippen molar-refractivity contribution in [3.63, 3.8) is 0 Å². The Balaban J connectivity index is 0.000000176. The highest BCUT2D eigenvalue weighted by atomic mass is 16.5. The molecule has 0 atom stereocenters. The summed E-state index contributed by atoms with van der Waals surface area (Å²) in [6.45, 7) is 1.14. The largest absolute Gasteiger partial charge is 0.508 e. The monoisotopic (exact) mass is 414 g/mol. The molecule has 0 aliphatic heterocycles. The minimum absolute atomic E-state index is 0.223. The first kappa shape index (κ1) is 21.8. The maximum atomic E-state index is 9.25. The van der Waals surface area contributed by atoms with Gasteiger partial charge in [-0.1, -0.05) is 72.8 Å². The Morgan fingerprint density at radius 3 is 1.58 bits per heavy atom. The van der Waals surface area contributed by atoms with Crippen molar-refractivity contribution in [3.8, 4) is 23.0 Å². The van der Waals surface area contributed by atoms with Crippen molar-refractivity contribution in [2.75, 3.05) is 6.61 Å². The van der Waals surface area contributed by atoms with Gasteiger partial charge in [0.25, 0.3) is 0 Å². The molecule has 158 valence electrons. The van der Waals surface area contributed by atoms with Crippen LogP contribution in [0, 0.1) is 0 Å². The van der Waals surface area contributed by atoms with Crippen LogP contribution in [0.3, 0.4) is 0 Å². The number of hydrogen-bond donors (Lipinski definition) is 2. The van der Waals surface area contributed by atoms with E-state index in [1.54, 1.807) is 36.4 Å². The lowest BCUT2D eigenvalue weighted by molar-refractivity contribution is 0.304. The second-order valence-electron chi connectivity index (χ2n) is 6.85. The molecule has 31 heavy (non-hydrogen) atoms. The van der Waals surface area contributed by atoms with Crippen LogP contribution in [0.25, 0.3) is 0 Å². The molecule has 2 N–H and O–H groups in total. The van der Waals surface area contributed by atoms with Gasteiger partial charge in [0.2, 0.25) is 0 Å². The Morgan fingerprint density at radius 1 is 0.516 bits per heavy atom. The summed E-state index contributed by atoms with van der Waals surface area (Å²) in [5.74, 6) is 1.84. The molecule has 4 rings (SSSR count). The highest BCUT2D eigenvalue weighted by Crippen LogP contribution is 2.19. The lowest BCUT2D eigenvalue weighted by Crippen LogP contribution is -2.00.